The molecule has 0 atom stereocenters. The number of rotatable bonds is 5. The molecule has 0 amide bonds. The third kappa shape index (κ3) is 4.25. The van der Waals surface area contributed by atoms with Crippen molar-refractivity contribution < 1.29 is 4.79 Å². The van der Waals surface area contributed by atoms with Crippen LogP contribution in [-0.4, -0.2) is 11.7 Å². The van der Waals surface area contributed by atoms with Gasteiger partial charge in [0.15, 0.2) is 0 Å². The van der Waals surface area contributed by atoms with Crippen molar-refractivity contribution in [2.45, 2.75) is 19.3 Å². The Morgan fingerprint density at radius 1 is 1.54 bits per heavy atom. The lowest BCUT2D eigenvalue weighted by molar-refractivity contribution is -0.118. The summed E-state index contributed by atoms with van der Waals surface area (Å²) >= 11 is 10.5. The molecule has 0 fully saturated rings. The van der Waals surface area contributed by atoms with Crippen molar-refractivity contribution in [1.82, 2.24) is 0 Å². The van der Waals surface area contributed by atoms with Crippen molar-refractivity contribution in [1.29, 1.82) is 0 Å². The molecule has 0 radical (unpaired) electrons. The summed E-state index contributed by atoms with van der Waals surface area (Å²) in [5.41, 5.74) is 0. The molecule has 1 heterocycles. The van der Waals surface area contributed by atoms with E-state index in [9.17, 15) is 4.79 Å². The van der Waals surface area contributed by atoms with E-state index in [1.54, 1.807) is 11.3 Å². The molecule has 1 rings (SSSR count). The summed E-state index contributed by atoms with van der Waals surface area (Å²) in [4.78, 5) is 12.4. The Bertz CT molecular complexity index is 285. The van der Waals surface area contributed by atoms with Crippen LogP contribution in [0.3, 0.4) is 0 Å². The van der Waals surface area contributed by atoms with Crippen LogP contribution in [0.5, 0.6) is 0 Å². The summed E-state index contributed by atoms with van der Waals surface area (Å²) in [6.07, 6.45) is 1.93. The second-order valence-electron chi connectivity index (χ2n) is 2.71. The normalized spacial score (nSPS) is 10.3. The molecule has 0 spiro atoms. The zero-order valence-corrected chi connectivity index (χ0v) is 10.2. The highest BCUT2D eigenvalue weighted by molar-refractivity contribution is 9.11. The molecular formula is C9H10BrClOS. The average molecular weight is 282 g/mol. The van der Waals surface area contributed by atoms with E-state index in [1.165, 1.54) is 0 Å². The van der Waals surface area contributed by atoms with E-state index in [-0.39, 0.29) is 5.78 Å². The molecule has 4 heteroatoms. The van der Waals surface area contributed by atoms with E-state index < -0.39 is 0 Å². The number of thiophene rings is 1. The van der Waals surface area contributed by atoms with Crippen LogP contribution >= 0.6 is 38.9 Å². The highest BCUT2D eigenvalue weighted by Crippen LogP contribution is 2.22. The van der Waals surface area contributed by atoms with Crippen molar-refractivity contribution in [3.05, 3.63) is 20.8 Å². The van der Waals surface area contributed by atoms with E-state index in [0.717, 1.165) is 15.1 Å². The molecule has 72 valence electrons. The molecule has 0 saturated heterocycles. The summed E-state index contributed by atoms with van der Waals surface area (Å²) in [5.74, 6) is 0.842. The smallest absolute Gasteiger partial charge is 0.138 e. The van der Waals surface area contributed by atoms with Crippen molar-refractivity contribution in [2.75, 3.05) is 5.88 Å². The van der Waals surface area contributed by atoms with Gasteiger partial charge in [0.1, 0.15) is 5.78 Å². The Labute approximate surface area is 95.2 Å². The van der Waals surface area contributed by atoms with Gasteiger partial charge in [0.2, 0.25) is 0 Å². The van der Waals surface area contributed by atoms with Gasteiger partial charge in [0.05, 0.1) is 3.79 Å². The van der Waals surface area contributed by atoms with Crippen molar-refractivity contribution in [3.63, 3.8) is 0 Å². The SMILES string of the molecule is O=C(CCCCl)Cc1ccc(Br)s1. The van der Waals surface area contributed by atoms with E-state index in [2.05, 4.69) is 15.9 Å². The van der Waals surface area contributed by atoms with Crippen LogP contribution in [0.1, 0.15) is 17.7 Å². The Hall–Kier alpha value is 0.140. The molecule has 0 aliphatic heterocycles. The average Bonchev–Trinajstić information content (AvgIpc) is 2.48. The molecule has 1 nitrogen and oxygen atoms in total. The topological polar surface area (TPSA) is 17.1 Å². The standard InChI is InChI=1S/C9H10BrClOS/c10-9-4-3-8(13-9)6-7(12)2-1-5-11/h3-4H,1-2,5-6H2. The van der Waals surface area contributed by atoms with Gasteiger partial charge in [-0.3, -0.25) is 4.79 Å². The minimum absolute atomic E-state index is 0.273. The summed E-state index contributed by atoms with van der Waals surface area (Å²) in [5, 5.41) is 0. The Morgan fingerprint density at radius 3 is 2.85 bits per heavy atom. The molecule has 1 aromatic rings. The van der Waals surface area contributed by atoms with Crippen LogP contribution in [-0.2, 0) is 11.2 Å². The van der Waals surface area contributed by atoms with E-state index in [1.807, 2.05) is 12.1 Å². The molecule has 1 aromatic heterocycles. The van der Waals surface area contributed by atoms with Gasteiger partial charge >= 0.3 is 0 Å². The van der Waals surface area contributed by atoms with Gasteiger partial charge < -0.3 is 0 Å². The number of hydrogen-bond donors (Lipinski definition) is 0. The monoisotopic (exact) mass is 280 g/mol. The van der Waals surface area contributed by atoms with Crippen LogP contribution in [0.15, 0.2) is 15.9 Å². The molecule has 0 aliphatic carbocycles. The predicted molar refractivity (Wildman–Crippen MR) is 60.7 cm³/mol. The maximum absolute atomic E-state index is 11.3. The van der Waals surface area contributed by atoms with E-state index >= 15 is 0 Å². The Kier molecular flexibility index (Phi) is 4.99. The second-order valence-corrected chi connectivity index (χ2v) is 5.64. The number of carbonyl (C=O) groups is 1. The fourth-order valence-corrected chi connectivity index (χ4v) is 2.64. The molecule has 0 unspecified atom stereocenters. The number of alkyl halides is 1. The largest absolute Gasteiger partial charge is 0.299 e. The van der Waals surface area contributed by atoms with Gasteiger partial charge in [-0.2, -0.15) is 0 Å². The maximum atomic E-state index is 11.3. The van der Waals surface area contributed by atoms with E-state index in [0.29, 0.717) is 18.7 Å². The minimum Gasteiger partial charge on any atom is -0.299 e. The van der Waals surface area contributed by atoms with Crippen LogP contribution in [0, 0.1) is 0 Å². The van der Waals surface area contributed by atoms with Crippen LogP contribution < -0.4 is 0 Å². The maximum Gasteiger partial charge on any atom is 0.138 e. The lowest BCUT2D eigenvalue weighted by Crippen LogP contribution is -2.00. The number of carbonyl (C=O) groups excluding carboxylic acids is 1. The Morgan fingerprint density at radius 2 is 2.31 bits per heavy atom. The van der Waals surface area contributed by atoms with Gasteiger partial charge in [-0.25, -0.2) is 0 Å². The molecule has 0 N–H and O–H groups in total. The van der Waals surface area contributed by atoms with Crippen molar-refractivity contribution in [3.8, 4) is 0 Å². The van der Waals surface area contributed by atoms with Crippen molar-refractivity contribution in [2.24, 2.45) is 0 Å². The van der Waals surface area contributed by atoms with Gasteiger partial charge in [-0.05, 0) is 34.5 Å². The molecule has 0 aromatic carbocycles. The fraction of sp³-hybridized carbons (Fsp3) is 0.444. The third-order valence-corrected chi connectivity index (χ3v) is 3.48. The summed E-state index contributed by atoms with van der Waals surface area (Å²) < 4.78 is 1.08. The first kappa shape index (κ1) is 11.2. The second kappa shape index (κ2) is 5.78. The number of halogens is 2. The Balaban J connectivity index is 2.36. The molecular weight excluding hydrogens is 272 g/mol. The van der Waals surface area contributed by atoms with Gasteiger partial charge in [0, 0.05) is 23.6 Å². The lowest BCUT2D eigenvalue weighted by Gasteiger charge is -1.95. The third-order valence-electron chi connectivity index (χ3n) is 1.59. The lowest BCUT2D eigenvalue weighted by atomic mass is 10.1. The molecule has 0 saturated carbocycles. The highest BCUT2D eigenvalue weighted by atomic mass is 79.9. The highest BCUT2D eigenvalue weighted by Gasteiger charge is 2.05. The number of Topliss-reactive ketones (excluding diaryl/α,β-unsaturated/α-hetero) is 1. The minimum atomic E-state index is 0.273. The number of ketones is 1. The summed E-state index contributed by atoms with van der Waals surface area (Å²) in [7, 11) is 0. The van der Waals surface area contributed by atoms with Gasteiger partial charge in [-0.15, -0.1) is 22.9 Å². The molecule has 0 bridgehead atoms. The quantitative estimate of drug-likeness (QED) is 0.753. The first-order valence-electron chi connectivity index (χ1n) is 4.04. The van der Waals surface area contributed by atoms with Crippen molar-refractivity contribution >= 4 is 44.7 Å². The zero-order valence-electron chi connectivity index (χ0n) is 7.06. The fourth-order valence-electron chi connectivity index (χ4n) is 0.993. The van der Waals surface area contributed by atoms with Crippen LogP contribution in [0.2, 0.25) is 0 Å². The molecule has 0 aliphatic rings. The first-order chi connectivity index (χ1) is 6.22. The van der Waals surface area contributed by atoms with E-state index in [4.69, 9.17) is 11.6 Å². The van der Waals surface area contributed by atoms with Crippen LogP contribution in [0.25, 0.3) is 0 Å². The molecule has 13 heavy (non-hydrogen) atoms. The number of hydrogen-bond acceptors (Lipinski definition) is 2. The zero-order chi connectivity index (χ0) is 9.68. The van der Waals surface area contributed by atoms with Gasteiger partial charge in [-0.1, -0.05) is 0 Å². The predicted octanol–water partition coefficient (Wildman–Crippen LogP) is 3.64. The first-order valence-corrected chi connectivity index (χ1v) is 6.18. The van der Waals surface area contributed by atoms with Gasteiger partial charge in [0.25, 0.3) is 0 Å². The van der Waals surface area contributed by atoms with Crippen LogP contribution in [0.4, 0.5) is 0 Å². The summed E-state index contributed by atoms with van der Waals surface area (Å²) in [6.45, 7) is 0. The summed E-state index contributed by atoms with van der Waals surface area (Å²) in [6, 6.07) is 3.95.